The predicted octanol–water partition coefficient (Wildman–Crippen LogP) is 1.91. The summed E-state index contributed by atoms with van der Waals surface area (Å²) in [6.45, 7) is 0.882. The number of pyridine rings is 1. The average molecular weight is 224 g/mol. The highest BCUT2D eigenvalue weighted by molar-refractivity contribution is 5.72. The van der Waals surface area contributed by atoms with Crippen molar-refractivity contribution in [3.8, 4) is 0 Å². The zero-order valence-corrected chi connectivity index (χ0v) is 9.74. The molecule has 0 radical (unpaired) electrons. The highest BCUT2D eigenvalue weighted by atomic mass is 15.0. The van der Waals surface area contributed by atoms with Crippen molar-refractivity contribution in [2.45, 2.75) is 6.54 Å². The number of aromatic nitrogens is 3. The zero-order valence-electron chi connectivity index (χ0n) is 9.74. The van der Waals surface area contributed by atoms with Crippen LogP contribution in [0.1, 0.15) is 5.56 Å². The molecule has 2 aromatic heterocycles. The normalized spacial score (nSPS) is 10.9. The lowest BCUT2D eigenvalue weighted by Gasteiger charge is -1.98. The number of fused-ring (bicyclic) bond motifs is 1. The summed E-state index contributed by atoms with van der Waals surface area (Å²) in [5, 5.41) is 0. The van der Waals surface area contributed by atoms with E-state index in [1.54, 1.807) is 0 Å². The fraction of sp³-hybridized carbons (Fsp3) is 0.143. The van der Waals surface area contributed by atoms with E-state index >= 15 is 0 Å². The first-order valence-electron chi connectivity index (χ1n) is 5.67. The maximum absolute atomic E-state index is 4.36. The molecule has 0 fully saturated rings. The molecule has 0 saturated heterocycles. The van der Waals surface area contributed by atoms with Crippen molar-refractivity contribution in [1.82, 2.24) is 9.55 Å². The van der Waals surface area contributed by atoms with Gasteiger partial charge in [-0.25, -0.2) is 4.98 Å². The van der Waals surface area contributed by atoms with Crippen molar-refractivity contribution in [1.29, 1.82) is 0 Å². The Bertz CT molecular complexity index is 641. The third-order valence-corrected chi connectivity index (χ3v) is 2.93. The van der Waals surface area contributed by atoms with Crippen LogP contribution in [0.3, 0.4) is 0 Å². The summed E-state index contributed by atoms with van der Waals surface area (Å²) in [5.74, 6) is 0. The van der Waals surface area contributed by atoms with Gasteiger partial charge in [-0.05, 0) is 0 Å². The molecule has 0 spiro atoms. The first-order valence-corrected chi connectivity index (χ1v) is 5.67. The van der Waals surface area contributed by atoms with E-state index in [1.165, 1.54) is 5.56 Å². The van der Waals surface area contributed by atoms with Crippen molar-refractivity contribution in [3.05, 3.63) is 60.7 Å². The van der Waals surface area contributed by atoms with Crippen LogP contribution in [0.15, 0.2) is 55.1 Å². The standard InChI is InChI=1S/C14H14N3/c1-16-11-15-13-10-17(8-7-14(13)16)9-12-5-3-2-4-6-12/h2-8,10-11H,9H2,1H3/q+1. The monoisotopic (exact) mass is 224 g/mol. The molecule has 3 nitrogen and oxygen atoms in total. The van der Waals surface area contributed by atoms with Gasteiger partial charge >= 0.3 is 0 Å². The van der Waals surface area contributed by atoms with E-state index in [0.717, 1.165) is 17.6 Å². The summed E-state index contributed by atoms with van der Waals surface area (Å²) in [6, 6.07) is 12.5. The topological polar surface area (TPSA) is 21.7 Å². The lowest BCUT2D eigenvalue weighted by Crippen LogP contribution is -2.33. The van der Waals surface area contributed by atoms with Crippen LogP contribution < -0.4 is 4.57 Å². The highest BCUT2D eigenvalue weighted by Crippen LogP contribution is 2.07. The molecule has 1 aromatic carbocycles. The van der Waals surface area contributed by atoms with Gasteiger partial charge in [-0.1, -0.05) is 30.3 Å². The minimum absolute atomic E-state index is 0.882. The maximum Gasteiger partial charge on any atom is 0.197 e. The molecule has 84 valence electrons. The molecule has 0 aliphatic heterocycles. The first-order chi connectivity index (χ1) is 8.33. The molecule has 0 saturated carbocycles. The first kappa shape index (κ1) is 10.0. The Balaban J connectivity index is 1.96. The van der Waals surface area contributed by atoms with Crippen molar-refractivity contribution in [2.24, 2.45) is 7.05 Å². The SMILES string of the molecule is Cn1cnc2c[n+](Cc3ccccc3)ccc21. The van der Waals surface area contributed by atoms with E-state index in [2.05, 4.69) is 52.3 Å². The molecular formula is C14H14N3+. The van der Waals surface area contributed by atoms with Gasteiger partial charge in [-0.15, -0.1) is 0 Å². The molecule has 0 atom stereocenters. The van der Waals surface area contributed by atoms with Crippen LogP contribution in [0.5, 0.6) is 0 Å². The van der Waals surface area contributed by atoms with Gasteiger partial charge in [0.2, 0.25) is 0 Å². The summed E-state index contributed by atoms with van der Waals surface area (Å²) < 4.78 is 4.19. The summed E-state index contributed by atoms with van der Waals surface area (Å²) >= 11 is 0. The Labute approximate surface area is 100.0 Å². The summed E-state index contributed by atoms with van der Waals surface area (Å²) in [5.41, 5.74) is 3.49. The summed E-state index contributed by atoms with van der Waals surface area (Å²) in [7, 11) is 2.01. The molecular weight excluding hydrogens is 210 g/mol. The second-order valence-corrected chi connectivity index (χ2v) is 4.23. The van der Waals surface area contributed by atoms with Gasteiger partial charge in [-0.2, -0.15) is 4.57 Å². The fourth-order valence-electron chi connectivity index (χ4n) is 2.02. The van der Waals surface area contributed by atoms with Crippen molar-refractivity contribution in [3.63, 3.8) is 0 Å². The Kier molecular flexibility index (Phi) is 2.37. The largest absolute Gasteiger partial charge is 0.333 e. The molecule has 0 amide bonds. The van der Waals surface area contributed by atoms with Crippen molar-refractivity contribution in [2.75, 3.05) is 0 Å². The van der Waals surface area contributed by atoms with E-state index in [0.29, 0.717) is 0 Å². The van der Waals surface area contributed by atoms with Gasteiger partial charge in [0.15, 0.2) is 24.5 Å². The van der Waals surface area contributed by atoms with Crippen LogP contribution in [-0.2, 0) is 13.6 Å². The van der Waals surface area contributed by atoms with Crippen LogP contribution >= 0.6 is 0 Å². The van der Waals surface area contributed by atoms with Crippen LogP contribution in [0, 0.1) is 0 Å². The minimum Gasteiger partial charge on any atom is -0.333 e. The van der Waals surface area contributed by atoms with E-state index < -0.39 is 0 Å². The van der Waals surface area contributed by atoms with Gasteiger partial charge < -0.3 is 4.57 Å². The van der Waals surface area contributed by atoms with Gasteiger partial charge in [0.25, 0.3) is 0 Å². The van der Waals surface area contributed by atoms with Gasteiger partial charge in [0, 0.05) is 18.7 Å². The number of imidazole rings is 1. The number of hydrogen-bond donors (Lipinski definition) is 0. The van der Waals surface area contributed by atoms with Crippen molar-refractivity contribution >= 4 is 11.0 Å². The van der Waals surface area contributed by atoms with E-state index in [-0.39, 0.29) is 0 Å². The van der Waals surface area contributed by atoms with Crippen LogP contribution in [0.25, 0.3) is 11.0 Å². The van der Waals surface area contributed by atoms with Crippen LogP contribution in [-0.4, -0.2) is 9.55 Å². The average Bonchev–Trinajstić information content (AvgIpc) is 2.72. The number of benzene rings is 1. The Morgan fingerprint density at radius 1 is 1.18 bits per heavy atom. The smallest absolute Gasteiger partial charge is 0.197 e. The molecule has 2 heterocycles. The number of rotatable bonds is 2. The fourth-order valence-corrected chi connectivity index (χ4v) is 2.02. The quantitative estimate of drug-likeness (QED) is 0.609. The second kappa shape index (κ2) is 4.01. The summed E-state index contributed by atoms with van der Waals surface area (Å²) in [4.78, 5) is 4.36. The Morgan fingerprint density at radius 2 is 2.00 bits per heavy atom. The molecule has 0 N–H and O–H groups in total. The second-order valence-electron chi connectivity index (χ2n) is 4.23. The predicted molar refractivity (Wildman–Crippen MR) is 66.5 cm³/mol. The van der Waals surface area contributed by atoms with Gasteiger partial charge in [-0.3, -0.25) is 0 Å². The third-order valence-electron chi connectivity index (χ3n) is 2.93. The van der Waals surface area contributed by atoms with E-state index in [4.69, 9.17) is 0 Å². The lowest BCUT2D eigenvalue weighted by molar-refractivity contribution is -0.687. The molecule has 0 aliphatic rings. The highest BCUT2D eigenvalue weighted by Gasteiger charge is 2.07. The molecule has 3 aromatic rings. The van der Waals surface area contributed by atoms with Crippen LogP contribution in [0.2, 0.25) is 0 Å². The minimum atomic E-state index is 0.882. The third kappa shape index (κ3) is 1.91. The van der Waals surface area contributed by atoms with Crippen molar-refractivity contribution < 1.29 is 4.57 Å². The number of nitrogens with zero attached hydrogens (tertiary/aromatic N) is 3. The molecule has 0 aliphatic carbocycles. The molecule has 3 heteroatoms. The van der Waals surface area contributed by atoms with Gasteiger partial charge in [0.1, 0.15) is 0 Å². The Hall–Kier alpha value is -2.16. The molecule has 0 unspecified atom stereocenters. The van der Waals surface area contributed by atoms with Gasteiger partial charge in [0.05, 0.1) is 11.8 Å². The molecule has 0 bridgehead atoms. The van der Waals surface area contributed by atoms with E-state index in [9.17, 15) is 0 Å². The maximum atomic E-state index is 4.36. The summed E-state index contributed by atoms with van der Waals surface area (Å²) in [6.07, 6.45) is 6.02. The number of aryl methyl sites for hydroxylation is 1. The number of hydrogen-bond acceptors (Lipinski definition) is 1. The van der Waals surface area contributed by atoms with E-state index in [1.807, 2.05) is 24.0 Å². The molecule has 3 rings (SSSR count). The van der Waals surface area contributed by atoms with Crippen LogP contribution in [0.4, 0.5) is 0 Å². The lowest BCUT2D eigenvalue weighted by atomic mass is 10.2. The molecule has 17 heavy (non-hydrogen) atoms. The zero-order chi connectivity index (χ0) is 11.7. The Morgan fingerprint density at radius 3 is 2.82 bits per heavy atom.